The van der Waals surface area contributed by atoms with Crippen molar-refractivity contribution in [1.82, 2.24) is 4.98 Å². The highest BCUT2D eigenvalue weighted by atomic mass is 32.1. The maximum atomic E-state index is 12.5. The molecule has 0 aliphatic rings. The van der Waals surface area contributed by atoms with E-state index in [2.05, 4.69) is 10.3 Å². The van der Waals surface area contributed by atoms with Gasteiger partial charge in [-0.05, 0) is 12.1 Å². The zero-order valence-electron chi connectivity index (χ0n) is 14.3. The number of amides is 1. The van der Waals surface area contributed by atoms with Crippen molar-refractivity contribution in [2.75, 3.05) is 12.4 Å². The van der Waals surface area contributed by atoms with Gasteiger partial charge < -0.3 is 9.15 Å². The number of benzene rings is 2. The summed E-state index contributed by atoms with van der Waals surface area (Å²) in [6.07, 6.45) is 0. The van der Waals surface area contributed by atoms with E-state index in [0.29, 0.717) is 21.9 Å². The second-order valence-electron chi connectivity index (χ2n) is 5.68. The Hall–Kier alpha value is -3.45. The van der Waals surface area contributed by atoms with Gasteiger partial charge in [0.2, 0.25) is 0 Å². The highest BCUT2D eigenvalue weighted by Gasteiger charge is 2.17. The van der Waals surface area contributed by atoms with E-state index in [1.54, 1.807) is 18.2 Å². The van der Waals surface area contributed by atoms with Crippen molar-refractivity contribution in [3.63, 3.8) is 0 Å². The number of nitrogens with one attached hydrogen (secondary N) is 1. The first-order valence-corrected chi connectivity index (χ1v) is 8.97. The third kappa shape index (κ3) is 3.32. The number of methoxy groups -OCH3 is 1. The number of hydrogen-bond donors (Lipinski definition) is 1. The van der Waals surface area contributed by atoms with Crippen LogP contribution in [0, 0.1) is 0 Å². The van der Waals surface area contributed by atoms with Crippen molar-refractivity contribution < 1.29 is 13.9 Å². The minimum atomic E-state index is -0.732. The smallest absolute Gasteiger partial charge is 0.349 e. The minimum absolute atomic E-state index is 0.0905. The van der Waals surface area contributed by atoms with E-state index in [1.807, 2.05) is 35.7 Å². The van der Waals surface area contributed by atoms with Crippen LogP contribution in [-0.2, 0) is 0 Å². The lowest BCUT2D eigenvalue weighted by molar-refractivity contribution is 0.102. The molecule has 0 radical (unpaired) electrons. The van der Waals surface area contributed by atoms with Crippen molar-refractivity contribution in [2.45, 2.75) is 0 Å². The van der Waals surface area contributed by atoms with Gasteiger partial charge in [0.15, 0.2) is 16.5 Å². The molecule has 0 spiro atoms. The number of carbonyl (C=O) groups excluding carboxylic acids is 1. The van der Waals surface area contributed by atoms with Crippen LogP contribution in [0.5, 0.6) is 5.75 Å². The third-order valence-corrected chi connectivity index (χ3v) is 4.74. The van der Waals surface area contributed by atoms with Crippen LogP contribution in [0.25, 0.3) is 22.2 Å². The molecule has 2 aromatic carbocycles. The molecule has 2 heterocycles. The molecule has 0 atom stereocenters. The molecule has 0 saturated heterocycles. The molecule has 0 bridgehead atoms. The zero-order valence-corrected chi connectivity index (χ0v) is 15.1. The van der Waals surface area contributed by atoms with Crippen molar-refractivity contribution >= 4 is 33.3 Å². The Morgan fingerprint density at radius 1 is 1.15 bits per heavy atom. The Labute approximate surface area is 158 Å². The highest BCUT2D eigenvalue weighted by molar-refractivity contribution is 7.14. The van der Waals surface area contributed by atoms with Crippen LogP contribution in [0.4, 0.5) is 5.13 Å². The number of fused-ring (bicyclic) bond motifs is 1. The summed E-state index contributed by atoms with van der Waals surface area (Å²) in [6.45, 7) is 0. The van der Waals surface area contributed by atoms with Crippen LogP contribution < -0.4 is 15.7 Å². The van der Waals surface area contributed by atoms with Crippen molar-refractivity contribution in [1.29, 1.82) is 0 Å². The second-order valence-corrected chi connectivity index (χ2v) is 6.54. The van der Waals surface area contributed by atoms with E-state index in [4.69, 9.17) is 9.15 Å². The van der Waals surface area contributed by atoms with Crippen molar-refractivity contribution in [2.24, 2.45) is 0 Å². The van der Waals surface area contributed by atoms with Crippen LogP contribution in [0.1, 0.15) is 10.4 Å². The van der Waals surface area contributed by atoms with Gasteiger partial charge in [-0.15, -0.1) is 11.3 Å². The fraction of sp³-hybridized carbons (Fsp3) is 0.0500. The van der Waals surface area contributed by atoms with Crippen LogP contribution in [-0.4, -0.2) is 18.0 Å². The summed E-state index contributed by atoms with van der Waals surface area (Å²) in [4.78, 5) is 29.2. The van der Waals surface area contributed by atoms with Gasteiger partial charge in [-0.25, -0.2) is 9.78 Å². The summed E-state index contributed by atoms with van der Waals surface area (Å²) < 4.78 is 10.5. The molecule has 4 rings (SSSR count). The molecule has 2 aromatic heterocycles. The first-order valence-electron chi connectivity index (χ1n) is 8.09. The van der Waals surface area contributed by atoms with E-state index >= 15 is 0 Å². The SMILES string of the molecule is COc1cccc2cc(C(=O)Nc3nc(-c4ccccc4)cs3)c(=O)oc12. The predicted octanol–water partition coefficient (Wildman–Crippen LogP) is 4.18. The van der Waals surface area contributed by atoms with E-state index < -0.39 is 11.5 Å². The fourth-order valence-corrected chi connectivity index (χ4v) is 3.39. The summed E-state index contributed by atoms with van der Waals surface area (Å²) >= 11 is 1.29. The molecule has 0 saturated carbocycles. The standard InChI is InChI=1S/C20H14N2O4S/c1-25-16-9-5-8-13-10-14(19(24)26-17(13)16)18(23)22-20-21-15(11-27-20)12-6-3-2-4-7-12/h2-11H,1H3,(H,21,22,23). The largest absolute Gasteiger partial charge is 0.493 e. The van der Waals surface area contributed by atoms with Gasteiger partial charge in [-0.3, -0.25) is 10.1 Å². The van der Waals surface area contributed by atoms with Crippen LogP contribution in [0.15, 0.2) is 69.2 Å². The molecular weight excluding hydrogens is 364 g/mol. The monoisotopic (exact) mass is 378 g/mol. The predicted molar refractivity (Wildman–Crippen MR) is 105 cm³/mol. The number of para-hydroxylation sites is 1. The number of nitrogens with zero attached hydrogens (tertiary/aromatic N) is 1. The first kappa shape index (κ1) is 17.0. The van der Waals surface area contributed by atoms with Gasteiger partial charge in [0.1, 0.15) is 5.56 Å². The quantitative estimate of drug-likeness (QED) is 0.539. The van der Waals surface area contributed by atoms with Gasteiger partial charge >= 0.3 is 5.63 Å². The number of thiazole rings is 1. The molecular formula is C20H14N2O4S. The van der Waals surface area contributed by atoms with Gasteiger partial charge in [0.05, 0.1) is 12.8 Å². The molecule has 27 heavy (non-hydrogen) atoms. The molecule has 6 nitrogen and oxygen atoms in total. The molecule has 0 unspecified atom stereocenters. The summed E-state index contributed by atoms with van der Waals surface area (Å²) in [5.74, 6) is -0.133. The molecule has 4 aromatic rings. The van der Waals surface area contributed by atoms with E-state index in [9.17, 15) is 9.59 Å². The molecule has 0 aliphatic carbocycles. The lowest BCUT2D eigenvalue weighted by Crippen LogP contribution is -2.20. The Kier molecular flexibility index (Phi) is 4.43. The maximum Gasteiger partial charge on any atom is 0.349 e. The first-order chi connectivity index (χ1) is 13.2. The number of carbonyl (C=O) groups is 1. The van der Waals surface area contributed by atoms with Crippen LogP contribution in [0.3, 0.4) is 0 Å². The number of ether oxygens (including phenoxy) is 1. The summed E-state index contributed by atoms with van der Waals surface area (Å²) in [7, 11) is 1.49. The number of hydrogen-bond acceptors (Lipinski definition) is 6. The van der Waals surface area contributed by atoms with E-state index in [-0.39, 0.29) is 5.56 Å². The van der Waals surface area contributed by atoms with Crippen LogP contribution in [0.2, 0.25) is 0 Å². The molecule has 0 aliphatic heterocycles. The van der Waals surface area contributed by atoms with Gasteiger partial charge in [-0.2, -0.15) is 0 Å². The Balaban J connectivity index is 1.63. The lowest BCUT2D eigenvalue weighted by Gasteiger charge is -2.05. The average Bonchev–Trinajstić information content (AvgIpc) is 3.16. The number of aromatic nitrogens is 1. The topological polar surface area (TPSA) is 81.4 Å². The Morgan fingerprint density at radius 2 is 1.96 bits per heavy atom. The molecule has 7 heteroatoms. The molecule has 0 fully saturated rings. The number of rotatable bonds is 4. The minimum Gasteiger partial charge on any atom is -0.493 e. The van der Waals surface area contributed by atoms with Crippen molar-refractivity contribution in [3.8, 4) is 17.0 Å². The highest BCUT2D eigenvalue weighted by Crippen LogP contribution is 2.26. The Morgan fingerprint density at radius 3 is 2.74 bits per heavy atom. The molecule has 134 valence electrons. The normalized spacial score (nSPS) is 10.7. The van der Waals surface area contributed by atoms with Crippen molar-refractivity contribution in [3.05, 3.63) is 76.0 Å². The average molecular weight is 378 g/mol. The van der Waals surface area contributed by atoms with Gasteiger partial charge in [0.25, 0.3) is 5.91 Å². The van der Waals surface area contributed by atoms with Gasteiger partial charge in [0, 0.05) is 16.3 Å². The second kappa shape index (κ2) is 7.05. The third-order valence-electron chi connectivity index (χ3n) is 3.98. The number of anilines is 1. The Bertz CT molecular complexity index is 1180. The maximum absolute atomic E-state index is 12.5. The van der Waals surface area contributed by atoms with Crippen LogP contribution >= 0.6 is 11.3 Å². The fourth-order valence-electron chi connectivity index (χ4n) is 2.67. The summed E-state index contributed by atoms with van der Waals surface area (Å²) in [5.41, 5.74) is 1.19. The zero-order chi connectivity index (χ0) is 18.8. The molecule has 1 amide bonds. The van der Waals surface area contributed by atoms with E-state index in [0.717, 1.165) is 11.3 Å². The summed E-state index contributed by atoms with van der Waals surface area (Å²) in [5, 5.41) is 5.51. The lowest BCUT2D eigenvalue weighted by atomic mass is 10.1. The molecule has 1 N–H and O–H groups in total. The summed E-state index contributed by atoms with van der Waals surface area (Å²) in [6, 6.07) is 16.3. The van der Waals surface area contributed by atoms with E-state index in [1.165, 1.54) is 24.5 Å². The van der Waals surface area contributed by atoms with Gasteiger partial charge in [-0.1, -0.05) is 42.5 Å².